The van der Waals surface area contributed by atoms with Gasteiger partial charge < -0.3 is 24.6 Å². The number of benzene rings is 1. The van der Waals surface area contributed by atoms with Crippen molar-refractivity contribution < 1.29 is 9.84 Å². The standard InChI is InChI=1S/C23H23ClN4O2S/c24-15-8-9-20(29)19(13-15)28-22(21(26-23(28)31)17-6-1-2-10-25-17)18-7-3-11-27(18)14-16-5-4-12-30-16/h1-3,6-11,13,16,21-22,29H,4-5,12,14H2,(H,26,31)/t16-,21+,22+/m0/s1. The monoisotopic (exact) mass is 454 g/mol. The summed E-state index contributed by atoms with van der Waals surface area (Å²) in [6.45, 7) is 1.59. The Hall–Kier alpha value is -2.61. The first kappa shape index (κ1) is 20.3. The van der Waals surface area contributed by atoms with Crippen molar-refractivity contribution >= 4 is 34.6 Å². The number of hydrogen-bond acceptors (Lipinski definition) is 4. The molecule has 6 nitrogen and oxygen atoms in total. The fourth-order valence-electron chi connectivity index (χ4n) is 4.47. The van der Waals surface area contributed by atoms with Crippen molar-refractivity contribution in [1.29, 1.82) is 0 Å². The van der Waals surface area contributed by atoms with E-state index in [0.29, 0.717) is 15.8 Å². The second-order valence-corrected chi connectivity index (χ2v) is 8.67. The lowest BCUT2D eigenvalue weighted by atomic mass is 10.0. The molecule has 3 atom stereocenters. The van der Waals surface area contributed by atoms with Crippen LogP contribution in [0.5, 0.6) is 5.75 Å². The molecule has 0 amide bonds. The van der Waals surface area contributed by atoms with E-state index < -0.39 is 0 Å². The van der Waals surface area contributed by atoms with Gasteiger partial charge in [-0.15, -0.1) is 0 Å². The molecule has 0 saturated carbocycles. The van der Waals surface area contributed by atoms with Crippen molar-refractivity contribution in [3.8, 4) is 5.75 Å². The van der Waals surface area contributed by atoms with Gasteiger partial charge in [0.05, 0.1) is 23.5 Å². The minimum atomic E-state index is -0.219. The summed E-state index contributed by atoms with van der Waals surface area (Å²) in [6.07, 6.45) is 6.21. The molecule has 3 aromatic rings. The highest BCUT2D eigenvalue weighted by Crippen LogP contribution is 2.45. The molecule has 0 bridgehead atoms. The summed E-state index contributed by atoms with van der Waals surface area (Å²) in [5, 5.41) is 15.1. The SMILES string of the molecule is Oc1ccc(Cl)cc1N1C(=S)N[C@H](c2ccccn2)[C@H]1c1cccn1C[C@@H]1CCCO1. The Labute approximate surface area is 191 Å². The normalized spacial score (nSPS) is 23.3. The first-order valence-corrected chi connectivity index (χ1v) is 11.2. The molecule has 31 heavy (non-hydrogen) atoms. The Bertz CT molecular complexity index is 1080. The maximum Gasteiger partial charge on any atom is 0.174 e. The van der Waals surface area contributed by atoms with Crippen LogP contribution in [0.15, 0.2) is 60.9 Å². The molecule has 8 heteroatoms. The van der Waals surface area contributed by atoms with Gasteiger partial charge in [-0.1, -0.05) is 17.7 Å². The second-order valence-electron chi connectivity index (χ2n) is 7.85. The summed E-state index contributed by atoms with van der Waals surface area (Å²) in [7, 11) is 0. The van der Waals surface area contributed by atoms with Gasteiger partial charge in [-0.05, 0) is 67.5 Å². The third kappa shape index (κ3) is 3.89. The highest BCUT2D eigenvalue weighted by Gasteiger charge is 2.43. The van der Waals surface area contributed by atoms with Gasteiger partial charge in [0.1, 0.15) is 11.8 Å². The number of ether oxygens (including phenoxy) is 1. The molecule has 5 rings (SSSR count). The number of anilines is 1. The van der Waals surface area contributed by atoms with Crippen molar-refractivity contribution in [2.45, 2.75) is 37.6 Å². The number of phenols is 1. The fourth-order valence-corrected chi connectivity index (χ4v) is 4.98. The van der Waals surface area contributed by atoms with Gasteiger partial charge in [0.25, 0.3) is 0 Å². The zero-order valence-electron chi connectivity index (χ0n) is 16.8. The number of nitrogens with zero attached hydrogens (tertiary/aromatic N) is 3. The van der Waals surface area contributed by atoms with E-state index in [1.807, 2.05) is 29.2 Å². The predicted octanol–water partition coefficient (Wildman–Crippen LogP) is 4.60. The Balaban J connectivity index is 1.60. The van der Waals surface area contributed by atoms with Crippen LogP contribution in [0.4, 0.5) is 5.69 Å². The van der Waals surface area contributed by atoms with Gasteiger partial charge in [0.2, 0.25) is 0 Å². The van der Waals surface area contributed by atoms with E-state index in [1.165, 1.54) is 0 Å². The lowest BCUT2D eigenvalue weighted by Crippen LogP contribution is -2.31. The molecule has 2 saturated heterocycles. The smallest absolute Gasteiger partial charge is 0.174 e. The van der Waals surface area contributed by atoms with Crippen molar-refractivity contribution in [2.24, 2.45) is 0 Å². The third-order valence-electron chi connectivity index (χ3n) is 5.89. The molecule has 0 spiro atoms. The van der Waals surface area contributed by atoms with Gasteiger partial charge in [-0.25, -0.2) is 0 Å². The minimum absolute atomic E-state index is 0.123. The van der Waals surface area contributed by atoms with Crippen LogP contribution in [-0.4, -0.2) is 32.5 Å². The van der Waals surface area contributed by atoms with E-state index in [1.54, 1.807) is 24.4 Å². The van der Waals surface area contributed by atoms with E-state index in [0.717, 1.165) is 37.4 Å². The number of nitrogens with one attached hydrogen (secondary N) is 1. The van der Waals surface area contributed by atoms with Crippen LogP contribution in [0.2, 0.25) is 5.02 Å². The molecular weight excluding hydrogens is 432 g/mol. The number of pyridine rings is 1. The predicted molar refractivity (Wildman–Crippen MR) is 124 cm³/mol. The fraction of sp³-hybridized carbons (Fsp3) is 0.304. The largest absolute Gasteiger partial charge is 0.506 e. The van der Waals surface area contributed by atoms with E-state index >= 15 is 0 Å². The van der Waals surface area contributed by atoms with Gasteiger partial charge in [-0.3, -0.25) is 4.98 Å². The summed E-state index contributed by atoms with van der Waals surface area (Å²) in [6, 6.07) is 14.6. The van der Waals surface area contributed by atoms with Gasteiger partial charge in [0.15, 0.2) is 5.11 Å². The van der Waals surface area contributed by atoms with Crippen LogP contribution in [0.25, 0.3) is 0 Å². The number of halogens is 1. The molecule has 2 aliphatic heterocycles. The highest BCUT2D eigenvalue weighted by atomic mass is 35.5. The Morgan fingerprint density at radius 1 is 1.23 bits per heavy atom. The Kier molecular flexibility index (Phi) is 5.56. The van der Waals surface area contributed by atoms with E-state index in [4.69, 9.17) is 28.6 Å². The molecule has 2 aliphatic rings. The first-order chi connectivity index (χ1) is 15.1. The number of thiocarbonyl (C=S) groups is 1. The second kappa shape index (κ2) is 8.49. The third-order valence-corrected chi connectivity index (χ3v) is 6.44. The zero-order chi connectivity index (χ0) is 21.4. The molecular formula is C23H23ClN4O2S. The summed E-state index contributed by atoms with van der Waals surface area (Å²) in [5.74, 6) is 0.123. The zero-order valence-corrected chi connectivity index (χ0v) is 18.4. The van der Waals surface area contributed by atoms with Crippen LogP contribution < -0.4 is 10.2 Å². The van der Waals surface area contributed by atoms with Crippen LogP contribution in [0.3, 0.4) is 0 Å². The summed E-state index contributed by atoms with van der Waals surface area (Å²) < 4.78 is 8.10. The van der Waals surface area contributed by atoms with E-state index in [9.17, 15) is 5.11 Å². The number of rotatable bonds is 5. The van der Waals surface area contributed by atoms with Crippen molar-refractivity contribution in [3.63, 3.8) is 0 Å². The summed E-state index contributed by atoms with van der Waals surface area (Å²) in [4.78, 5) is 6.53. The topological polar surface area (TPSA) is 62.5 Å². The number of aromatic hydroxyl groups is 1. The summed E-state index contributed by atoms with van der Waals surface area (Å²) >= 11 is 12.0. The number of hydrogen-bond donors (Lipinski definition) is 2. The minimum Gasteiger partial charge on any atom is -0.506 e. The number of phenolic OH excluding ortho intramolecular Hbond substituents is 1. The van der Waals surface area contributed by atoms with E-state index in [2.05, 4.69) is 27.1 Å². The molecule has 160 valence electrons. The molecule has 2 N–H and O–H groups in total. The lowest BCUT2D eigenvalue weighted by molar-refractivity contribution is 0.0961. The lowest BCUT2D eigenvalue weighted by Gasteiger charge is -2.30. The first-order valence-electron chi connectivity index (χ1n) is 10.4. The van der Waals surface area contributed by atoms with Gasteiger partial charge >= 0.3 is 0 Å². The highest BCUT2D eigenvalue weighted by molar-refractivity contribution is 7.80. The molecule has 0 aliphatic carbocycles. The molecule has 0 radical (unpaired) electrons. The van der Waals surface area contributed by atoms with Crippen LogP contribution in [-0.2, 0) is 11.3 Å². The Morgan fingerprint density at radius 2 is 2.13 bits per heavy atom. The number of aromatic nitrogens is 2. The van der Waals surface area contributed by atoms with Crippen LogP contribution in [0, 0.1) is 0 Å². The maximum absolute atomic E-state index is 10.7. The van der Waals surface area contributed by atoms with Gasteiger partial charge in [0, 0.05) is 36.3 Å². The van der Waals surface area contributed by atoms with Crippen molar-refractivity contribution in [3.05, 3.63) is 77.3 Å². The quantitative estimate of drug-likeness (QED) is 0.549. The summed E-state index contributed by atoms with van der Waals surface area (Å²) in [5.41, 5.74) is 2.51. The van der Waals surface area contributed by atoms with Crippen molar-refractivity contribution in [1.82, 2.24) is 14.9 Å². The average Bonchev–Trinajstić information content (AvgIpc) is 3.51. The van der Waals surface area contributed by atoms with Crippen LogP contribution >= 0.6 is 23.8 Å². The van der Waals surface area contributed by atoms with Crippen molar-refractivity contribution in [2.75, 3.05) is 11.5 Å². The molecule has 0 unspecified atom stereocenters. The molecule has 2 fully saturated rings. The van der Waals surface area contributed by atoms with Crippen LogP contribution in [0.1, 0.15) is 36.3 Å². The molecule has 1 aromatic carbocycles. The Morgan fingerprint density at radius 3 is 2.90 bits per heavy atom. The molecule has 2 aromatic heterocycles. The van der Waals surface area contributed by atoms with E-state index in [-0.39, 0.29) is 23.9 Å². The molecule has 4 heterocycles. The maximum atomic E-state index is 10.7. The average molecular weight is 455 g/mol. The van der Waals surface area contributed by atoms with Gasteiger partial charge in [-0.2, -0.15) is 0 Å².